The van der Waals surface area contributed by atoms with E-state index in [0.717, 1.165) is 66.4 Å². The SMILES string of the molecule is CCCN1C(N2CCN(CC(=O)c3c[nH]c4ccccc34)CC2)=NCC2=C1CC(=O)NC(=O)N2C. The van der Waals surface area contributed by atoms with Crippen molar-refractivity contribution in [3.63, 3.8) is 0 Å². The lowest BCUT2D eigenvalue weighted by atomic mass is 10.1. The molecule has 3 amide bonds. The summed E-state index contributed by atoms with van der Waals surface area (Å²) in [4.78, 5) is 53.6. The van der Waals surface area contributed by atoms with Crippen molar-refractivity contribution in [2.24, 2.45) is 4.99 Å². The van der Waals surface area contributed by atoms with E-state index in [0.29, 0.717) is 19.6 Å². The second-order valence-corrected chi connectivity index (χ2v) is 9.18. The van der Waals surface area contributed by atoms with Gasteiger partial charge in [0.15, 0.2) is 5.78 Å². The fraction of sp³-hybridized carbons (Fsp3) is 0.440. The minimum absolute atomic E-state index is 0.116. The van der Waals surface area contributed by atoms with Crippen LogP contribution in [-0.4, -0.2) is 101 Å². The van der Waals surface area contributed by atoms with Crippen molar-refractivity contribution in [3.8, 4) is 0 Å². The Morgan fingerprint density at radius 2 is 1.86 bits per heavy atom. The minimum atomic E-state index is -0.413. The third kappa shape index (κ3) is 4.41. The van der Waals surface area contributed by atoms with Crippen molar-refractivity contribution in [3.05, 3.63) is 47.4 Å². The number of hydrogen-bond acceptors (Lipinski definition) is 7. The van der Waals surface area contributed by atoms with Crippen LogP contribution >= 0.6 is 0 Å². The first kappa shape index (κ1) is 23.1. The normalized spacial score (nSPS) is 19.6. The zero-order valence-electron chi connectivity index (χ0n) is 20.2. The monoisotopic (exact) mass is 477 g/mol. The number of hydrogen-bond donors (Lipinski definition) is 2. The lowest BCUT2D eigenvalue weighted by molar-refractivity contribution is -0.119. The molecular weight excluding hydrogens is 446 g/mol. The van der Waals surface area contributed by atoms with Crippen LogP contribution in [0.2, 0.25) is 0 Å². The number of aliphatic imine (C=N–C) groups is 1. The molecule has 35 heavy (non-hydrogen) atoms. The fourth-order valence-electron chi connectivity index (χ4n) is 5.04. The van der Waals surface area contributed by atoms with Crippen LogP contribution < -0.4 is 5.32 Å². The van der Waals surface area contributed by atoms with E-state index in [9.17, 15) is 14.4 Å². The number of aromatic nitrogens is 1. The molecule has 0 bridgehead atoms. The topological polar surface area (TPSA) is 104 Å². The van der Waals surface area contributed by atoms with Crippen molar-refractivity contribution < 1.29 is 14.4 Å². The first-order valence-corrected chi connectivity index (χ1v) is 12.1. The van der Waals surface area contributed by atoms with Gasteiger partial charge in [-0.05, 0) is 12.5 Å². The van der Waals surface area contributed by atoms with E-state index in [1.165, 1.54) is 4.90 Å². The maximum absolute atomic E-state index is 13.0. The van der Waals surface area contributed by atoms with Gasteiger partial charge in [-0.3, -0.25) is 24.7 Å². The van der Waals surface area contributed by atoms with Crippen LogP contribution in [-0.2, 0) is 4.79 Å². The highest BCUT2D eigenvalue weighted by molar-refractivity contribution is 6.08. The molecule has 1 aromatic heterocycles. The molecule has 2 N–H and O–H groups in total. The molecule has 1 saturated heterocycles. The molecule has 3 aliphatic heterocycles. The van der Waals surface area contributed by atoms with Gasteiger partial charge in [0.05, 0.1) is 30.9 Å². The number of rotatable bonds is 5. The number of piperazine rings is 1. The number of urea groups is 1. The van der Waals surface area contributed by atoms with Crippen LogP contribution in [0.15, 0.2) is 46.8 Å². The quantitative estimate of drug-likeness (QED) is 0.637. The number of nitrogens with one attached hydrogen (secondary N) is 2. The number of ketones is 1. The Morgan fingerprint density at radius 3 is 2.63 bits per heavy atom. The molecule has 0 spiro atoms. The Kier molecular flexibility index (Phi) is 6.29. The van der Waals surface area contributed by atoms with Crippen LogP contribution in [0.3, 0.4) is 0 Å². The fourth-order valence-corrected chi connectivity index (χ4v) is 5.04. The van der Waals surface area contributed by atoms with Crippen LogP contribution in [0.5, 0.6) is 0 Å². The number of guanidine groups is 1. The van der Waals surface area contributed by atoms with Gasteiger partial charge in [-0.15, -0.1) is 0 Å². The Hall–Kier alpha value is -3.66. The van der Waals surface area contributed by atoms with Crippen molar-refractivity contribution in [2.45, 2.75) is 19.8 Å². The summed E-state index contributed by atoms with van der Waals surface area (Å²) >= 11 is 0. The lowest BCUT2D eigenvalue weighted by Gasteiger charge is -2.42. The van der Waals surface area contributed by atoms with E-state index >= 15 is 0 Å². The van der Waals surface area contributed by atoms with Gasteiger partial charge < -0.3 is 14.8 Å². The summed E-state index contributed by atoms with van der Waals surface area (Å²) < 4.78 is 0. The van der Waals surface area contributed by atoms with Gasteiger partial charge in [-0.2, -0.15) is 0 Å². The molecule has 10 nitrogen and oxygen atoms in total. The number of nitrogens with zero attached hydrogens (tertiary/aromatic N) is 5. The van der Waals surface area contributed by atoms with Crippen LogP contribution in [0.25, 0.3) is 10.9 Å². The molecule has 4 heterocycles. The molecule has 2 aromatic rings. The van der Waals surface area contributed by atoms with Gasteiger partial charge in [0.2, 0.25) is 11.9 Å². The molecule has 3 aliphatic rings. The minimum Gasteiger partial charge on any atom is -0.360 e. The summed E-state index contributed by atoms with van der Waals surface area (Å²) in [6, 6.07) is 7.44. The van der Waals surface area contributed by atoms with E-state index in [-0.39, 0.29) is 18.1 Å². The number of Topliss-reactive ketones (excluding diaryl/α,β-unsaturated/α-hetero) is 1. The molecule has 0 radical (unpaired) electrons. The average molecular weight is 478 g/mol. The molecule has 1 aromatic carbocycles. The van der Waals surface area contributed by atoms with Crippen molar-refractivity contribution >= 4 is 34.6 Å². The highest BCUT2D eigenvalue weighted by Gasteiger charge is 2.35. The zero-order valence-corrected chi connectivity index (χ0v) is 20.2. The maximum Gasteiger partial charge on any atom is 0.328 e. The number of carbonyl (C=O) groups is 3. The maximum atomic E-state index is 13.0. The van der Waals surface area contributed by atoms with E-state index in [1.807, 2.05) is 24.3 Å². The summed E-state index contributed by atoms with van der Waals surface area (Å²) in [5.41, 5.74) is 3.33. The van der Waals surface area contributed by atoms with Crippen LogP contribution in [0, 0.1) is 0 Å². The predicted octanol–water partition coefficient (Wildman–Crippen LogP) is 1.83. The number of benzene rings is 1. The summed E-state index contributed by atoms with van der Waals surface area (Å²) in [5, 5.41) is 3.39. The number of para-hydroxylation sites is 1. The third-order valence-electron chi connectivity index (χ3n) is 6.91. The van der Waals surface area contributed by atoms with Gasteiger partial charge in [0.25, 0.3) is 0 Å². The van der Waals surface area contributed by atoms with Gasteiger partial charge in [-0.1, -0.05) is 25.1 Å². The Balaban J connectivity index is 1.26. The van der Waals surface area contributed by atoms with Crippen molar-refractivity contribution in [1.29, 1.82) is 0 Å². The number of amides is 3. The van der Waals surface area contributed by atoms with Gasteiger partial charge in [0.1, 0.15) is 0 Å². The number of imide groups is 1. The Bertz CT molecular complexity index is 1220. The number of likely N-dealkylation sites (N-methyl/N-ethyl adjacent to an activating group) is 1. The molecule has 0 saturated carbocycles. The molecule has 0 atom stereocenters. The van der Waals surface area contributed by atoms with Crippen molar-refractivity contribution in [1.82, 2.24) is 29.9 Å². The molecule has 5 rings (SSSR count). The standard InChI is InChI=1S/C25H31N7O3/c1-3-8-32-20-13-23(34)28-25(35)29(2)21(20)15-27-24(32)31-11-9-30(10-12-31)16-22(33)18-14-26-19-7-5-4-6-17(18)19/h4-7,14,26H,3,8-13,15-16H2,1-2H3,(H,28,34,35). The van der Waals surface area contributed by atoms with Gasteiger partial charge in [0, 0.05) is 62.4 Å². The van der Waals surface area contributed by atoms with Crippen LogP contribution in [0.4, 0.5) is 4.79 Å². The van der Waals surface area contributed by atoms with Crippen LogP contribution in [0.1, 0.15) is 30.1 Å². The Labute approximate surface area is 204 Å². The summed E-state index contributed by atoms with van der Waals surface area (Å²) in [5.74, 6) is 0.670. The van der Waals surface area contributed by atoms with E-state index in [1.54, 1.807) is 13.2 Å². The summed E-state index contributed by atoms with van der Waals surface area (Å²) in [6.45, 7) is 6.52. The van der Waals surface area contributed by atoms with Gasteiger partial charge in [-0.25, -0.2) is 9.79 Å². The predicted molar refractivity (Wildman–Crippen MR) is 133 cm³/mol. The number of fused-ring (bicyclic) bond motifs is 1. The molecule has 0 unspecified atom stereocenters. The zero-order chi connectivity index (χ0) is 24.5. The molecule has 10 heteroatoms. The van der Waals surface area contributed by atoms with Gasteiger partial charge >= 0.3 is 6.03 Å². The second kappa shape index (κ2) is 9.53. The van der Waals surface area contributed by atoms with Crippen molar-refractivity contribution in [2.75, 3.05) is 52.9 Å². The second-order valence-electron chi connectivity index (χ2n) is 9.18. The number of aromatic amines is 1. The highest BCUT2D eigenvalue weighted by atomic mass is 16.2. The largest absolute Gasteiger partial charge is 0.360 e. The molecule has 184 valence electrons. The highest BCUT2D eigenvalue weighted by Crippen LogP contribution is 2.27. The Morgan fingerprint density at radius 1 is 1.09 bits per heavy atom. The first-order chi connectivity index (χ1) is 17.0. The number of H-pyrrole nitrogens is 1. The molecule has 0 aliphatic carbocycles. The van der Waals surface area contributed by atoms with E-state index < -0.39 is 6.03 Å². The summed E-state index contributed by atoms with van der Waals surface area (Å²) in [6.07, 6.45) is 2.84. The lowest BCUT2D eigenvalue weighted by Crippen LogP contribution is -2.55. The molecule has 1 fully saturated rings. The van der Waals surface area contributed by atoms with E-state index in [2.05, 4.69) is 31.9 Å². The molecular formula is C25H31N7O3. The average Bonchev–Trinajstić information content (AvgIpc) is 3.25. The smallest absolute Gasteiger partial charge is 0.328 e. The van der Waals surface area contributed by atoms with E-state index in [4.69, 9.17) is 4.99 Å². The third-order valence-corrected chi connectivity index (χ3v) is 6.91. The first-order valence-electron chi connectivity index (χ1n) is 12.1. The number of carbonyl (C=O) groups excluding carboxylic acids is 3. The summed E-state index contributed by atoms with van der Waals surface area (Å²) in [7, 11) is 1.68.